The Labute approximate surface area is 116 Å². The van der Waals surface area contributed by atoms with E-state index in [9.17, 15) is 0 Å². The Kier molecular flexibility index (Phi) is 4.72. The van der Waals surface area contributed by atoms with Crippen LogP contribution in [0.25, 0.3) is 0 Å². The molecule has 0 saturated carbocycles. The van der Waals surface area contributed by atoms with Gasteiger partial charge in [0.05, 0.1) is 0 Å². The molecule has 0 saturated heterocycles. The Morgan fingerprint density at radius 2 is 1.32 bits per heavy atom. The molecule has 1 nitrogen and oxygen atoms in total. The Hall–Kier alpha value is -1.64. The van der Waals surface area contributed by atoms with Gasteiger partial charge in [0.2, 0.25) is 8.32 Å². The van der Waals surface area contributed by atoms with Crippen LogP contribution < -0.4 is 0 Å². The average Bonchev–Trinajstić information content (AvgIpc) is 2.48. The summed E-state index contributed by atoms with van der Waals surface area (Å²) in [6.07, 6.45) is 0. The van der Waals surface area contributed by atoms with Gasteiger partial charge in [0.1, 0.15) is 0 Å². The van der Waals surface area contributed by atoms with Crippen LogP contribution in [0.15, 0.2) is 72.9 Å². The van der Waals surface area contributed by atoms with Crippen LogP contribution in [-0.4, -0.2) is 15.4 Å². The second-order valence-corrected chi connectivity index (χ2v) is 8.45. The SMILES string of the molecule is C=C[Si](Cc1ccccc1)(Cc1ccccc1)OC. The minimum absolute atomic E-state index is 0.975. The zero-order valence-electron chi connectivity index (χ0n) is 11.4. The minimum atomic E-state index is -1.96. The lowest BCUT2D eigenvalue weighted by atomic mass is 10.2. The normalized spacial score (nSPS) is 11.2. The molecule has 2 heteroatoms. The van der Waals surface area contributed by atoms with Crippen LogP contribution in [0.1, 0.15) is 11.1 Å². The standard InChI is InChI=1S/C17H20OSi/c1-3-19(18-2,14-16-10-6-4-7-11-16)15-17-12-8-5-9-13-17/h3-13H,1,14-15H2,2H3. The van der Waals surface area contributed by atoms with Crippen LogP contribution in [0.2, 0.25) is 0 Å². The first-order chi connectivity index (χ1) is 9.28. The molecule has 0 unspecified atom stereocenters. The molecule has 0 aromatic heterocycles. The highest BCUT2D eigenvalue weighted by Gasteiger charge is 2.31. The lowest BCUT2D eigenvalue weighted by Crippen LogP contribution is -2.41. The number of hydrogen-bond donors (Lipinski definition) is 0. The largest absolute Gasteiger partial charge is 0.415 e. The molecule has 19 heavy (non-hydrogen) atoms. The summed E-state index contributed by atoms with van der Waals surface area (Å²) < 4.78 is 5.92. The second-order valence-electron chi connectivity index (χ2n) is 4.80. The third kappa shape index (κ3) is 3.66. The van der Waals surface area contributed by atoms with Crippen molar-refractivity contribution in [3.8, 4) is 0 Å². The van der Waals surface area contributed by atoms with Gasteiger partial charge in [0.15, 0.2) is 0 Å². The molecule has 0 aliphatic rings. The van der Waals surface area contributed by atoms with Gasteiger partial charge < -0.3 is 4.43 Å². The smallest absolute Gasteiger partial charge is 0.224 e. The molecule has 0 aliphatic heterocycles. The maximum Gasteiger partial charge on any atom is 0.224 e. The molecule has 0 bridgehead atoms. The molecule has 0 amide bonds. The van der Waals surface area contributed by atoms with Gasteiger partial charge in [-0.15, -0.1) is 6.58 Å². The fourth-order valence-corrected chi connectivity index (χ4v) is 5.04. The van der Waals surface area contributed by atoms with Crippen molar-refractivity contribution in [3.63, 3.8) is 0 Å². The van der Waals surface area contributed by atoms with Crippen molar-refractivity contribution < 1.29 is 4.43 Å². The molecule has 2 aromatic carbocycles. The van der Waals surface area contributed by atoms with Crippen molar-refractivity contribution in [1.29, 1.82) is 0 Å². The highest BCUT2D eigenvalue weighted by atomic mass is 28.4. The van der Waals surface area contributed by atoms with Crippen molar-refractivity contribution in [2.45, 2.75) is 12.1 Å². The van der Waals surface area contributed by atoms with Crippen LogP contribution >= 0.6 is 0 Å². The van der Waals surface area contributed by atoms with Crippen LogP contribution in [-0.2, 0) is 16.5 Å². The summed E-state index contributed by atoms with van der Waals surface area (Å²) in [5.41, 5.74) is 4.71. The van der Waals surface area contributed by atoms with Gasteiger partial charge in [-0.25, -0.2) is 0 Å². The number of rotatable bonds is 6. The van der Waals surface area contributed by atoms with Gasteiger partial charge in [-0.05, 0) is 23.2 Å². The fourth-order valence-electron chi connectivity index (χ4n) is 2.32. The fraction of sp³-hybridized carbons (Fsp3) is 0.176. The van der Waals surface area contributed by atoms with Crippen molar-refractivity contribution in [2.75, 3.05) is 7.11 Å². The summed E-state index contributed by atoms with van der Waals surface area (Å²) in [4.78, 5) is 0. The van der Waals surface area contributed by atoms with E-state index in [0.29, 0.717) is 0 Å². The number of benzene rings is 2. The molecule has 0 spiro atoms. The maximum atomic E-state index is 5.92. The Morgan fingerprint density at radius 3 is 1.63 bits per heavy atom. The maximum absolute atomic E-state index is 5.92. The third-order valence-corrected chi connectivity index (χ3v) is 7.04. The summed E-state index contributed by atoms with van der Waals surface area (Å²) in [6.45, 7) is 4.03. The van der Waals surface area contributed by atoms with Crippen LogP contribution in [0.5, 0.6) is 0 Å². The summed E-state index contributed by atoms with van der Waals surface area (Å²) >= 11 is 0. The van der Waals surface area contributed by atoms with E-state index >= 15 is 0 Å². The van der Waals surface area contributed by atoms with E-state index in [0.717, 1.165) is 12.1 Å². The van der Waals surface area contributed by atoms with Gasteiger partial charge >= 0.3 is 0 Å². The highest BCUT2D eigenvalue weighted by molar-refractivity contribution is 6.77. The van der Waals surface area contributed by atoms with E-state index in [1.54, 1.807) is 0 Å². The first-order valence-corrected chi connectivity index (χ1v) is 8.94. The Bertz CT molecular complexity index is 466. The summed E-state index contributed by atoms with van der Waals surface area (Å²) in [5.74, 6) is 0. The van der Waals surface area contributed by atoms with Gasteiger partial charge in [-0.1, -0.05) is 66.4 Å². The molecular weight excluding hydrogens is 248 g/mol. The van der Waals surface area contributed by atoms with Gasteiger partial charge in [-0.3, -0.25) is 0 Å². The van der Waals surface area contributed by atoms with Crippen molar-refractivity contribution in [3.05, 3.63) is 84.1 Å². The van der Waals surface area contributed by atoms with E-state index in [2.05, 4.69) is 60.8 Å². The first kappa shape index (κ1) is 13.8. The van der Waals surface area contributed by atoms with E-state index in [1.807, 2.05) is 19.2 Å². The van der Waals surface area contributed by atoms with Gasteiger partial charge in [0.25, 0.3) is 0 Å². The second kappa shape index (κ2) is 6.50. The monoisotopic (exact) mass is 268 g/mol. The summed E-state index contributed by atoms with van der Waals surface area (Å²) in [5, 5.41) is 0. The van der Waals surface area contributed by atoms with Crippen molar-refractivity contribution >= 4 is 8.32 Å². The zero-order chi connectivity index (χ0) is 13.6. The van der Waals surface area contributed by atoms with Crippen LogP contribution in [0.3, 0.4) is 0 Å². The lowest BCUT2D eigenvalue weighted by Gasteiger charge is -2.26. The van der Waals surface area contributed by atoms with Crippen molar-refractivity contribution in [1.82, 2.24) is 0 Å². The zero-order valence-corrected chi connectivity index (χ0v) is 12.4. The molecule has 0 radical (unpaired) electrons. The highest BCUT2D eigenvalue weighted by Crippen LogP contribution is 2.19. The Balaban J connectivity index is 2.20. The summed E-state index contributed by atoms with van der Waals surface area (Å²) in [7, 11) is -0.142. The molecule has 0 heterocycles. The molecule has 2 rings (SSSR count). The first-order valence-electron chi connectivity index (χ1n) is 6.54. The van der Waals surface area contributed by atoms with Crippen LogP contribution in [0.4, 0.5) is 0 Å². The van der Waals surface area contributed by atoms with Crippen LogP contribution in [0, 0.1) is 0 Å². The molecule has 0 atom stereocenters. The van der Waals surface area contributed by atoms with Gasteiger partial charge in [-0.2, -0.15) is 0 Å². The number of hydrogen-bond acceptors (Lipinski definition) is 1. The molecule has 0 aliphatic carbocycles. The van der Waals surface area contributed by atoms with E-state index in [4.69, 9.17) is 4.43 Å². The van der Waals surface area contributed by atoms with Gasteiger partial charge in [0, 0.05) is 7.11 Å². The van der Waals surface area contributed by atoms with E-state index in [1.165, 1.54) is 11.1 Å². The predicted octanol–water partition coefficient (Wildman–Crippen LogP) is 3.87. The third-order valence-electron chi connectivity index (χ3n) is 3.47. The molecule has 2 aromatic rings. The quantitative estimate of drug-likeness (QED) is 0.723. The molecule has 98 valence electrons. The minimum Gasteiger partial charge on any atom is -0.415 e. The summed E-state index contributed by atoms with van der Waals surface area (Å²) in [6, 6.07) is 23.0. The van der Waals surface area contributed by atoms with E-state index < -0.39 is 8.32 Å². The van der Waals surface area contributed by atoms with Crippen molar-refractivity contribution in [2.24, 2.45) is 0 Å². The Morgan fingerprint density at radius 1 is 0.895 bits per heavy atom. The van der Waals surface area contributed by atoms with E-state index in [-0.39, 0.29) is 0 Å². The lowest BCUT2D eigenvalue weighted by molar-refractivity contribution is 0.400. The average molecular weight is 268 g/mol. The topological polar surface area (TPSA) is 9.23 Å². The molecular formula is C17H20OSi. The molecule has 0 fully saturated rings. The molecule has 0 N–H and O–H groups in total. The predicted molar refractivity (Wildman–Crippen MR) is 83.3 cm³/mol.